The zero-order valence-corrected chi connectivity index (χ0v) is 14.7. The van der Waals surface area contributed by atoms with Crippen LogP contribution < -0.4 is 0 Å². The number of non-ortho nitro benzene ring substituents is 1. The Hall–Kier alpha value is -4.18. The van der Waals surface area contributed by atoms with Gasteiger partial charge in [0.2, 0.25) is 0 Å². The highest BCUT2D eigenvalue weighted by Crippen LogP contribution is 2.30. The molecule has 0 atom stereocenters. The van der Waals surface area contributed by atoms with E-state index in [1.54, 1.807) is 30.3 Å². The summed E-state index contributed by atoms with van der Waals surface area (Å²) in [6.07, 6.45) is 1.53. The Morgan fingerprint density at radius 3 is 2.43 bits per heavy atom. The van der Waals surface area contributed by atoms with E-state index in [0.717, 1.165) is 5.56 Å². The zero-order valence-electron chi connectivity index (χ0n) is 14.7. The van der Waals surface area contributed by atoms with E-state index in [0.29, 0.717) is 28.2 Å². The number of hydrogen-bond acceptors (Lipinski definition) is 5. The molecule has 3 rings (SSSR count). The second kappa shape index (κ2) is 7.60. The van der Waals surface area contributed by atoms with Crippen molar-refractivity contribution < 1.29 is 19.2 Å². The van der Waals surface area contributed by atoms with Gasteiger partial charge in [0.25, 0.3) is 5.69 Å². The highest BCUT2D eigenvalue weighted by molar-refractivity contribution is 5.91. The number of carboxylic acids is 1. The first-order valence-electron chi connectivity index (χ1n) is 8.20. The second-order valence-electron chi connectivity index (χ2n) is 6.01. The molecule has 28 heavy (non-hydrogen) atoms. The van der Waals surface area contributed by atoms with Crippen molar-refractivity contribution >= 4 is 23.3 Å². The van der Waals surface area contributed by atoms with Crippen LogP contribution in [0.5, 0.6) is 0 Å². The van der Waals surface area contributed by atoms with Gasteiger partial charge in [-0.05, 0) is 48.4 Å². The van der Waals surface area contributed by atoms with Gasteiger partial charge < -0.3 is 9.52 Å². The summed E-state index contributed by atoms with van der Waals surface area (Å²) >= 11 is 0. The molecule has 1 N–H and O–H groups in total. The summed E-state index contributed by atoms with van der Waals surface area (Å²) in [5.41, 5.74) is 2.36. The molecule has 0 radical (unpaired) electrons. The summed E-state index contributed by atoms with van der Waals surface area (Å²) in [4.78, 5) is 21.5. The largest absolute Gasteiger partial charge is 0.478 e. The van der Waals surface area contributed by atoms with E-state index in [9.17, 15) is 20.2 Å². The standard InChI is InChI=1S/C21H14N2O5/c1-13-2-7-17(23(26)27)11-19(13)20-9-8-18(28-20)10-16(12-22)14-3-5-15(6-4-14)21(24)25/h2-11H,1H3,(H,24,25). The van der Waals surface area contributed by atoms with Gasteiger partial charge in [0.05, 0.1) is 22.1 Å². The molecule has 1 heterocycles. The van der Waals surface area contributed by atoms with Gasteiger partial charge in [-0.3, -0.25) is 10.1 Å². The minimum atomic E-state index is -1.04. The van der Waals surface area contributed by atoms with Crippen LogP contribution in [-0.2, 0) is 0 Å². The molecule has 7 heteroatoms. The number of carboxylic acid groups (broad SMARTS) is 1. The van der Waals surface area contributed by atoms with Gasteiger partial charge in [0, 0.05) is 17.7 Å². The van der Waals surface area contributed by atoms with Crippen molar-refractivity contribution in [2.24, 2.45) is 0 Å². The Kier molecular flexibility index (Phi) is 5.05. The van der Waals surface area contributed by atoms with Crippen LogP contribution in [0, 0.1) is 28.4 Å². The van der Waals surface area contributed by atoms with Crippen LogP contribution in [0.25, 0.3) is 23.0 Å². The highest BCUT2D eigenvalue weighted by Gasteiger charge is 2.13. The highest BCUT2D eigenvalue weighted by atomic mass is 16.6. The Morgan fingerprint density at radius 2 is 1.82 bits per heavy atom. The van der Waals surface area contributed by atoms with Crippen LogP contribution in [0.2, 0.25) is 0 Å². The molecule has 1 aromatic heterocycles. The van der Waals surface area contributed by atoms with E-state index in [1.807, 2.05) is 6.92 Å². The smallest absolute Gasteiger partial charge is 0.335 e. The Balaban J connectivity index is 1.95. The fourth-order valence-corrected chi connectivity index (χ4v) is 2.68. The summed E-state index contributed by atoms with van der Waals surface area (Å²) in [6, 6.07) is 15.9. The van der Waals surface area contributed by atoms with Gasteiger partial charge in [0.1, 0.15) is 11.5 Å². The van der Waals surface area contributed by atoms with E-state index in [1.165, 1.54) is 30.3 Å². The Bertz CT molecular complexity index is 1130. The molecule has 0 aliphatic rings. The van der Waals surface area contributed by atoms with E-state index >= 15 is 0 Å². The molecule has 0 bridgehead atoms. The molecule has 3 aromatic rings. The lowest BCUT2D eigenvalue weighted by atomic mass is 10.0. The van der Waals surface area contributed by atoms with Gasteiger partial charge >= 0.3 is 5.97 Å². The summed E-state index contributed by atoms with van der Waals surface area (Å²) < 4.78 is 5.76. The summed E-state index contributed by atoms with van der Waals surface area (Å²) in [7, 11) is 0. The van der Waals surface area contributed by atoms with Crippen molar-refractivity contribution in [1.82, 2.24) is 0 Å². The molecule has 0 saturated carbocycles. The van der Waals surface area contributed by atoms with Crippen LogP contribution >= 0.6 is 0 Å². The van der Waals surface area contributed by atoms with Gasteiger partial charge in [0.15, 0.2) is 0 Å². The quantitative estimate of drug-likeness (QED) is 0.384. The van der Waals surface area contributed by atoms with Crippen LogP contribution in [0.4, 0.5) is 5.69 Å². The lowest BCUT2D eigenvalue weighted by molar-refractivity contribution is -0.384. The molecule has 0 spiro atoms. The maximum absolute atomic E-state index is 11.0. The maximum atomic E-state index is 11.0. The number of rotatable bonds is 5. The summed E-state index contributed by atoms with van der Waals surface area (Å²) in [5.74, 6) is -0.192. The van der Waals surface area contributed by atoms with Crippen molar-refractivity contribution in [3.05, 3.63) is 87.2 Å². The molecule has 0 aliphatic heterocycles. The predicted molar refractivity (Wildman–Crippen MR) is 102 cm³/mol. The van der Waals surface area contributed by atoms with Gasteiger partial charge in [-0.25, -0.2) is 4.79 Å². The molecule has 138 valence electrons. The maximum Gasteiger partial charge on any atom is 0.335 e. The number of aryl methyl sites for hydroxylation is 1. The molecule has 0 saturated heterocycles. The van der Waals surface area contributed by atoms with Gasteiger partial charge in [-0.1, -0.05) is 18.2 Å². The number of allylic oxidation sites excluding steroid dienone is 1. The van der Waals surface area contributed by atoms with Crippen molar-refractivity contribution in [2.75, 3.05) is 0 Å². The number of furan rings is 1. The normalized spacial score (nSPS) is 11.1. The molecule has 0 unspecified atom stereocenters. The molecule has 0 aliphatic carbocycles. The van der Waals surface area contributed by atoms with E-state index in [2.05, 4.69) is 6.07 Å². The lowest BCUT2D eigenvalue weighted by Crippen LogP contribution is -1.95. The van der Waals surface area contributed by atoms with Crippen LogP contribution in [0.15, 0.2) is 59.0 Å². The molecule has 0 amide bonds. The third-order valence-corrected chi connectivity index (χ3v) is 4.17. The van der Waals surface area contributed by atoms with E-state index in [4.69, 9.17) is 9.52 Å². The number of carbonyl (C=O) groups is 1. The monoisotopic (exact) mass is 374 g/mol. The number of benzene rings is 2. The molecular weight excluding hydrogens is 360 g/mol. The lowest BCUT2D eigenvalue weighted by Gasteiger charge is -2.02. The van der Waals surface area contributed by atoms with Crippen molar-refractivity contribution in [2.45, 2.75) is 6.92 Å². The number of aromatic carboxylic acids is 1. The topological polar surface area (TPSA) is 117 Å². The number of nitriles is 1. The van der Waals surface area contributed by atoms with Crippen molar-refractivity contribution in [1.29, 1.82) is 5.26 Å². The van der Waals surface area contributed by atoms with Gasteiger partial charge in [-0.2, -0.15) is 5.26 Å². The SMILES string of the molecule is Cc1ccc([N+](=O)[O-])cc1-c1ccc(C=C(C#N)c2ccc(C(=O)O)cc2)o1. The van der Waals surface area contributed by atoms with Crippen LogP contribution in [0.1, 0.15) is 27.2 Å². The number of nitrogens with zero attached hydrogens (tertiary/aromatic N) is 2. The molecule has 7 nitrogen and oxygen atoms in total. The predicted octanol–water partition coefficient (Wildman–Crippen LogP) is 4.93. The zero-order chi connectivity index (χ0) is 20.3. The fraction of sp³-hybridized carbons (Fsp3) is 0.0476. The summed E-state index contributed by atoms with van der Waals surface area (Å²) in [6.45, 7) is 1.82. The molecule has 0 fully saturated rings. The van der Waals surface area contributed by atoms with Crippen LogP contribution in [0.3, 0.4) is 0 Å². The first-order chi connectivity index (χ1) is 13.4. The van der Waals surface area contributed by atoms with E-state index < -0.39 is 10.9 Å². The minimum absolute atomic E-state index is 0.0367. The number of nitro groups is 1. The first-order valence-corrected chi connectivity index (χ1v) is 8.20. The number of hydrogen-bond donors (Lipinski definition) is 1. The average Bonchev–Trinajstić information content (AvgIpc) is 3.14. The first kappa shape index (κ1) is 18.6. The van der Waals surface area contributed by atoms with Crippen molar-refractivity contribution in [3.63, 3.8) is 0 Å². The Labute approximate surface area is 159 Å². The van der Waals surface area contributed by atoms with Gasteiger partial charge in [-0.15, -0.1) is 0 Å². The third kappa shape index (κ3) is 3.81. The Morgan fingerprint density at radius 1 is 1.14 bits per heavy atom. The fourth-order valence-electron chi connectivity index (χ4n) is 2.68. The average molecular weight is 374 g/mol. The second-order valence-corrected chi connectivity index (χ2v) is 6.01. The molecular formula is C21H14N2O5. The molecule has 2 aromatic carbocycles. The van der Waals surface area contributed by atoms with Crippen LogP contribution in [-0.4, -0.2) is 16.0 Å². The van der Waals surface area contributed by atoms with Crippen molar-refractivity contribution in [3.8, 4) is 17.4 Å². The number of nitro benzene ring substituents is 1. The van der Waals surface area contributed by atoms with E-state index in [-0.39, 0.29) is 11.3 Å². The third-order valence-electron chi connectivity index (χ3n) is 4.17. The minimum Gasteiger partial charge on any atom is -0.478 e. The summed E-state index contributed by atoms with van der Waals surface area (Å²) in [5, 5.41) is 29.4.